The molecule has 5 heteroatoms. The molecule has 1 heterocycles. The molecule has 3 aliphatic rings. The maximum atomic E-state index is 12.1. The van der Waals surface area contributed by atoms with Gasteiger partial charge in [0.1, 0.15) is 6.04 Å². The highest BCUT2D eigenvalue weighted by molar-refractivity contribution is 5.76. The number of hydrogen-bond donors (Lipinski definition) is 2. The molecule has 0 amide bonds. The number of nitrogens with zero attached hydrogens (tertiary/aromatic N) is 1. The predicted molar refractivity (Wildman–Crippen MR) is 74.7 cm³/mol. The van der Waals surface area contributed by atoms with Crippen LogP contribution >= 0.6 is 0 Å². The first-order chi connectivity index (χ1) is 9.56. The third-order valence-corrected chi connectivity index (χ3v) is 5.08. The maximum absolute atomic E-state index is 12.1. The van der Waals surface area contributed by atoms with Gasteiger partial charge in [-0.25, -0.2) is 0 Å². The van der Waals surface area contributed by atoms with Crippen molar-refractivity contribution in [3.05, 3.63) is 11.6 Å². The Morgan fingerprint density at radius 2 is 2.45 bits per heavy atom. The molecule has 0 spiro atoms. The highest BCUT2D eigenvalue weighted by atomic mass is 16.6. The molecule has 20 heavy (non-hydrogen) atoms. The van der Waals surface area contributed by atoms with Crippen LogP contribution < -0.4 is 5.73 Å². The summed E-state index contributed by atoms with van der Waals surface area (Å²) in [4.78, 5) is 14.4. The normalized spacial score (nSPS) is 38.0. The van der Waals surface area contributed by atoms with E-state index in [0.717, 1.165) is 38.6 Å². The van der Waals surface area contributed by atoms with Gasteiger partial charge in [0.25, 0.3) is 0 Å². The number of rotatable bonds is 4. The number of hydrogen-bond acceptors (Lipinski definition) is 5. The fourth-order valence-electron chi connectivity index (χ4n) is 4.03. The second kappa shape index (κ2) is 5.13. The van der Waals surface area contributed by atoms with E-state index in [1.807, 2.05) is 0 Å². The van der Waals surface area contributed by atoms with Gasteiger partial charge in [0, 0.05) is 18.5 Å². The lowest BCUT2D eigenvalue weighted by molar-refractivity contribution is -0.188. The van der Waals surface area contributed by atoms with Crippen LogP contribution in [-0.2, 0) is 9.53 Å². The monoisotopic (exact) mass is 280 g/mol. The van der Waals surface area contributed by atoms with E-state index in [1.165, 1.54) is 5.57 Å². The summed E-state index contributed by atoms with van der Waals surface area (Å²) in [5.41, 5.74) is 6.42. The number of carbonyl (C=O) groups is 1. The highest BCUT2D eigenvalue weighted by Gasteiger charge is 2.54. The SMILES string of the molecule is C[C@H]1CCCN1C1(OC(=O)[C@@H](N)CO)C=C2CCC1C2. The molecule has 0 aromatic carbocycles. The van der Waals surface area contributed by atoms with Gasteiger partial charge in [-0.3, -0.25) is 9.69 Å². The predicted octanol–water partition coefficient (Wildman–Crippen LogP) is 0.770. The zero-order valence-corrected chi connectivity index (χ0v) is 12.0. The van der Waals surface area contributed by atoms with E-state index in [4.69, 9.17) is 15.6 Å². The Hall–Kier alpha value is -0.910. The number of nitrogens with two attached hydrogens (primary N) is 1. The number of allylic oxidation sites excluding steroid dienone is 1. The van der Waals surface area contributed by atoms with Crippen LogP contribution in [0.25, 0.3) is 0 Å². The standard InChI is InChI=1S/C15H24N2O3/c1-10-3-2-6-17(10)15(20-14(19)13(16)9-18)8-11-4-5-12(15)7-11/h8,10,12-13,18H,2-7,9,16H2,1H3/t10-,12?,13-,15?/m0/s1. The average molecular weight is 280 g/mol. The van der Waals surface area contributed by atoms with Gasteiger partial charge in [-0.05, 0) is 45.1 Å². The zero-order valence-electron chi connectivity index (χ0n) is 12.0. The van der Waals surface area contributed by atoms with Crippen molar-refractivity contribution < 1.29 is 14.6 Å². The van der Waals surface area contributed by atoms with Crippen LogP contribution in [0.3, 0.4) is 0 Å². The number of aliphatic hydroxyl groups is 1. The van der Waals surface area contributed by atoms with Crippen LogP contribution in [0.2, 0.25) is 0 Å². The van der Waals surface area contributed by atoms with Crippen LogP contribution in [0.15, 0.2) is 11.6 Å². The second-order valence-corrected chi connectivity index (χ2v) is 6.39. The summed E-state index contributed by atoms with van der Waals surface area (Å²) >= 11 is 0. The molecule has 2 fully saturated rings. The molecule has 0 radical (unpaired) electrons. The number of fused-ring (bicyclic) bond motifs is 2. The Labute approximate surface area is 119 Å². The summed E-state index contributed by atoms with van der Waals surface area (Å²) in [6.45, 7) is 2.79. The first-order valence-electron chi connectivity index (χ1n) is 7.63. The van der Waals surface area contributed by atoms with E-state index >= 15 is 0 Å². The molecule has 112 valence electrons. The molecule has 5 nitrogen and oxygen atoms in total. The minimum absolute atomic E-state index is 0.355. The first-order valence-corrected chi connectivity index (χ1v) is 7.63. The molecule has 1 saturated heterocycles. The largest absolute Gasteiger partial charge is 0.438 e. The molecule has 2 unspecified atom stereocenters. The Morgan fingerprint density at radius 3 is 2.95 bits per heavy atom. The summed E-state index contributed by atoms with van der Waals surface area (Å²) in [7, 11) is 0. The Morgan fingerprint density at radius 1 is 1.65 bits per heavy atom. The third-order valence-electron chi connectivity index (χ3n) is 5.08. The summed E-state index contributed by atoms with van der Waals surface area (Å²) in [6, 6.07) is -0.522. The van der Waals surface area contributed by atoms with Crippen molar-refractivity contribution in [3.8, 4) is 0 Å². The summed E-state index contributed by atoms with van der Waals surface area (Å²) in [6.07, 6.45) is 7.68. The number of ether oxygens (including phenoxy) is 1. The maximum Gasteiger partial charge on any atom is 0.327 e. The van der Waals surface area contributed by atoms with E-state index < -0.39 is 17.7 Å². The Bertz CT molecular complexity index is 437. The lowest BCUT2D eigenvalue weighted by atomic mass is 9.93. The minimum Gasteiger partial charge on any atom is -0.438 e. The van der Waals surface area contributed by atoms with E-state index in [9.17, 15) is 4.79 Å². The van der Waals surface area contributed by atoms with Gasteiger partial charge in [-0.1, -0.05) is 5.57 Å². The molecule has 2 aliphatic carbocycles. The summed E-state index contributed by atoms with van der Waals surface area (Å²) < 4.78 is 5.87. The molecule has 1 saturated carbocycles. The smallest absolute Gasteiger partial charge is 0.327 e. The van der Waals surface area contributed by atoms with Gasteiger partial charge in [-0.15, -0.1) is 0 Å². The second-order valence-electron chi connectivity index (χ2n) is 6.39. The van der Waals surface area contributed by atoms with Gasteiger partial charge < -0.3 is 15.6 Å². The van der Waals surface area contributed by atoms with Crippen molar-refractivity contribution in [1.29, 1.82) is 0 Å². The van der Waals surface area contributed by atoms with Gasteiger partial charge in [0.2, 0.25) is 0 Å². The fourth-order valence-corrected chi connectivity index (χ4v) is 4.03. The van der Waals surface area contributed by atoms with Gasteiger partial charge >= 0.3 is 5.97 Å². The van der Waals surface area contributed by atoms with Gasteiger partial charge in [0.05, 0.1) is 6.61 Å². The molecule has 3 N–H and O–H groups in total. The van der Waals surface area contributed by atoms with E-state index in [0.29, 0.717) is 12.0 Å². The van der Waals surface area contributed by atoms with E-state index in [-0.39, 0.29) is 6.61 Å². The molecule has 0 aromatic rings. The van der Waals surface area contributed by atoms with Gasteiger partial charge in [0.15, 0.2) is 5.72 Å². The van der Waals surface area contributed by atoms with Crippen LogP contribution in [0, 0.1) is 5.92 Å². The molecule has 4 atom stereocenters. The fraction of sp³-hybridized carbons (Fsp3) is 0.800. The molecular weight excluding hydrogens is 256 g/mol. The van der Waals surface area contributed by atoms with Crippen molar-refractivity contribution in [3.63, 3.8) is 0 Å². The number of aliphatic hydroxyl groups excluding tert-OH is 1. The lowest BCUT2D eigenvalue weighted by Crippen LogP contribution is -2.57. The van der Waals surface area contributed by atoms with Crippen molar-refractivity contribution in [2.45, 2.75) is 56.8 Å². The van der Waals surface area contributed by atoms with Crippen LogP contribution in [0.1, 0.15) is 39.0 Å². The molecule has 2 bridgehead atoms. The molecular formula is C15H24N2O3. The summed E-state index contributed by atoms with van der Waals surface area (Å²) in [5, 5.41) is 9.06. The summed E-state index contributed by atoms with van der Waals surface area (Å²) in [5.74, 6) is -0.135. The van der Waals surface area contributed by atoms with Crippen molar-refractivity contribution in [1.82, 2.24) is 4.90 Å². The number of carbonyl (C=O) groups excluding carboxylic acids is 1. The first kappa shape index (κ1) is 14.0. The quantitative estimate of drug-likeness (QED) is 0.587. The Balaban J connectivity index is 1.87. The zero-order chi connectivity index (χ0) is 14.3. The van der Waals surface area contributed by atoms with Crippen molar-refractivity contribution in [2.24, 2.45) is 11.7 Å². The highest BCUT2D eigenvalue weighted by Crippen LogP contribution is 2.51. The minimum atomic E-state index is -0.942. The van der Waals surface area contributed by atoms with Crippen LogP contribution in [-0.4, -0.2) is 46.9 Å². The number of likely N-dealkylation sites (tertiary alicyclic amines) is 1. The Kier molecular flexibility index (Phi) is 3.60. The van der Waals surface area contributed by atoms with Crippen molar-refractivity contribution in [2.75, 3.05) is 13.2 Å². The average Bonchev–Trinajstić information content (AvgIpc) is 3.13. The molecule has 3 rings (SSSR count). The van der Waals surface area contributed by atoms with Gasteiger partial charge in [-0.2, -0.15) is 0 Å². The topological polar surface area (TPSA) is 75.8 Å². The number of esters is 1. The lowest BCUT2D eigenvalue weighted by Gasteiger charge is -2.44. The third kappa shape index (κ3) is 2.08. The molecule has 0 aromatic heterocycles. The van der Waals surface area contributed by atoms with Crippen LogP contribution in [0.4, 0.5) is 0 Å². The van der Waals surface area contributed by atoms with Crippen LogP contribution in [0.5, 0.6) is 0 Å². The molecule has 1 aliphatic heterocycles. The van der Waals surface area contributed by atoms with E-state index in [2.05, 4.69) is 17.9 Å². The van der Waals surface area contributed by atoms with Crippen molar-refractivity contribution >= 4 is 5.97 Å². The van der Waals surface area contributed by atoms with E-state index in [1.54, 1.807) is 0 Å².